The lowest BCUT2D eigenvalue weighted by atomic mass is 10.2. The van der Waals surface area contributed by atoms with E-state index in [0.29, 0.717) is 18.5 Å². The molecular weight excluding hydrogens is 486 g/mol. The first kappa shape index (κ1) is 24.7. The number of guanidine groups is 1. The standard InChI is InChI=1S/C18H28F3N5O.HI/c1-3-22-17(25-12-15-6-5-9-26(15)4-2)24-11-14-7-8-23-16(10-14)27-13-18(19,20)21;/h7-8,10,15H,3-6,9,11-13H2,1-2H3,(H2,22,24,25);1H. The first-order chi connectivity index (χ1) is 12.9. The number of aromatic nitrogens is 1. The molecular formula is C18H29F3IN5O. The second-order valence-electron chi connectivity index (χ2n) is 6.41. The van der Waals surface area contributed by atoms with Crippen LogP contribution in [0.15, 0.2) is 23.3 Å². The lowest BCUT2D eigenvalue weighted by Gasteiger charge is -2.24. The van der Waals surface area contributed by atoms with Crippen LogP contribution in [0.25, 0.3) is 0 Å². The molecule has 0 aromatic carbocycles. The van der Waals surface area contributed by atoms with Crippen LogP contribution in [0.5, 0.6) is 5.88 Å². The minimum Gasteiger partial charge on any atom is -0.468 e. The molecule has 10 heteroatoms. The monoisotopic (exact) mass is 515 g/mol. The number of ether oxygens (including phenoxy) is 1. The van der Waals surface area contributed by atoms with Crippen LogP contribution in [0, 0.1) is 0 Å². The van der Waals surface area contributed by atoms with E-state index in [-0.39, 0.29) is 29.9 Å². The minimum atomic E-state index is -4.38. The van der Waals surface area contributed by atoms with Crippen molar-refractivity contribution >= 4 is 29.9 Å². The quantitative estimate of drug-likeness (QED) is 0.317. The number of nitrogens with zero attached hydrogens (tertiary/aromatic N) is 3. The largest absolute Gasteiger partial charge is 0.468 e. The van der Waals surface area contributed by atoms with Gasteiger partial charge in [-0.05, 0) is 44.5 Å². The number of hydrogen-bond acceptors (Lipinski definition) is 4. The number of pyridine rings is 1. The average Bonchev–Trinajstić information content (AvgIpc) is 3.10. The lowest BCUT2D eigenvalue weighted by Crippen LogP contribution is -2.44. The van der Waals surface area contributed by atoms with E-state index in [1.807, 2.05) is 6.92 Å². The fourth-order valence-corrected chi connectivity index (χ4v) is 3.05. The van der Waals surface area contributed by atoms with Crippen LogP contribution >= 0.6 is 24.0 Å². The van der Waals surface area contributed by atoms with Gasteiger partial charge in [0.05, 0.1) is 6.54 Å². The maximum atomic E-state index is 12.3. The molecule has 2 N–H and O–H groups in total. The molecule has 0 aliphatic carbocycles. The van der Waals surface area contributed by atoms with Crippen molar-refractivity contribution in [2.24, 2.45) is 4.99 Å². The van der Waals surface area contributed by atoms with E-state index in [4.69, 9.17) is 0 Å². The van der Waals surface area contributed by atoms with Gasteiger partial charge in [-0.1, -0.05) is 6.92 Å². The molecule has 0 saturated carbocycles. The van der Waals surface area contributed by atoms with Crippen LogP contribution in [0.2, 0.25) is 0 Å². The van der Waals surface area contributed by atoms with Crippen molar-refractivity contribution in [3.8, 4) is 5.88 Å². The van der Waals surface area contributed by atoms with Gasteiger partial charge in [0.2, 0.25) is 5.88 Å². The Morgan fingerprint density at radius 2 is 2.14 bits per heavy atom. The molecule has 0 radical (unpaired) electrons. The number of rotatable bonds is 8. The van der Waals surface area contributed by atoms with Gasteiger partial charge in [-0.25, -0.2) is 9.98 Å². The van der Waals surface area contributed by atoms with Crippen LogP contribution in [0.4, 0.5) is 13.2 Å². The van der Waals surface area contributed by atoms with Crippen LogP contribution in [-0.2, 0) is 6.54 Å². The van der Waals surface area contributed by atoms with E-state index in [9.17, 15) is 13.2 Å². The molecule has 28 heavy (non-hydrogen) atoms. The summed E-state index contributed by atoms with van der Waals surface area (Å²) in [6.07, 6.45) is -0.574. The summed E-state index contributed by atoms with van der Waals surface area (Å²) in [5, 5.41) is 6.55. The molecule has 0 spiro atoms. The molecule has 0 bridgehead atoms. The number of nitrogens with one attached hydrogen (secondary N) is 2. The van der Waals surface area contributed by atoms with Gasteiger partial charge in [-0.15, -0.1) is 24.0 Å². The van der Waals surface area contributed by atoms with E-state index in [1.165, 1.54) is 25.1 Å². The van der Waals surface area contributed by atoms with Crippen molar-refractivity contribution in [3.05, 3.63) is 23.9 Å². The molecule has 2 heterocycles. The van der Waals surface area contributed by atoms with Gasteiger partial charge < -0.3 is 15.4 Å². The van der Waals surface area contributed by atoms with Gasteiger partial charge in [0.1, 0.15) is 0 Å². The third-order valence-corrected chi connectivity index (χ3v) is 4.36. The molecule has 1 atom stereocenters. The van der Waals surface area contributed by atoms with E-state index in [1.54, 1.807) is 6.07 Å². The predicted molar refractivity (Wildman–Crippen MR) is 114 cm³/mol. The van der Waals surface area contributed by atoms with E-state index >= 15 is 0 Å². The fourth-order valence-electron chi connectivity index (χ4n) is 3.05. The zero-order valence-corrected chi connectivity index (χ0v) is 18.6. The third-order valence-electron chi connectivity index (χ3n) is 4.36. The molecule has 160 valence electrons. The summed E-state index contributed by atoms with van der Waals surface area (Å²) in [5.74, 6) is 0.637. The smallest absolute Gasteiger partial charge is 0.422 e. The van der Waals surface area contributed by atoms with Gasteiger partial charge in [0, 0.05) is 31.4 Å². The molecule has 1 aliphatic rings. The molecule has 1 unspecified atom stereocenters. The summed E-state index contributed by atoms with van der Waals surface area (Å²) in [6, 6.07) is 3.69. The molecule has 1 aliphatic heterocycles. The van der Waals surface area contributed by atoms with Crippen molar-refractivity contribution in [3.63, 3.8) is 0 Å². The van der Waals surface area contributed by atoms with Crippen molar-refractivity contribution in [2.75, 3.05) is 32.8 Å². The van der Waals surface area contributed by atoms with Crippen LogP contribution in [0.1, 0.15) is 32.3 Å². The Labute approximate surface area is 181 Å². The SMILES string of the molecule is CCNC(=NCc1ccnc(OCC(F)(F)F)c1)NCC1CCCN1CC.I. The summed E-state index contributed by atoms with van der Waals surface area (Å²) in [7, 11) is 0. The highest BCUT2D eigenvalue weighted by atomic mass is 127. The second kappa shape index (κ2) is 12.3. The zero-order chi connectivity index (χ0) is 19.7. The van der Waals surface area contributed by atoms with Crippen LogP contribution < -0.4 is 15.4 Å². The Kier molecular flexibility index (Phi) is 10.9. The molecule has 1 saturated heterocycles. The Morgan fingerprint density at radius 1 is 1.36 bits per heavy atom. The summed E-state index contributed by atoms with van der Waals surface area (Å²) < 4.78 is 41.4. The van der Waals surface area contributed by atoms with E-state index in [0.717, 1.165) is 31.7 Å². The van der Waals surface area contributed by atoms with Gasteiger partial charge in [0.15, 0.2) is 12.6 Å². The van der Waals surface area contributed by atoms with Crippen molar-refractivity contribution in [1.82, 2.24) is 20.5 Å². The summed E-state index contributed by atoms with van der Waals surface area (Å²) in [4.78, 5) is 10.8. The summed E-state index contributed by atoms with van der Waals surface area (Å²) in [6.45, 7) is 6.83. The Morgan fingerprint density at radius 3 is 2.82 bits per heavy atom. The van der Waals surface area contributed by atoms with Gasteiger partial charge in [0.25, 0.3) is 0 Å². The van der Waals surface area contributed by atoms with Crippen molar-refractivity contribution < 1.29 is 17.9 Å². The topological polar surface area (TPSA) is 61.8 Å². The number of halogens is 4. The fraction of sp³-hybridized carbons (Fsp3) is 0.667. The first-order valence-corrected chi connectivity index (χ1v) is 9.32. The van der Waals surface area contributed by atoms with Gasteiger partial charge in [-0.2, -0.15) is 13.2 Å². The molecule has 6 nitrogen and oxygen atoms in total. The van der Waals surface area contributed by atoms with Gasteiger partial charge >= 0.3 is 6.18 Å². The first-order valence-electron chi connectivity index (χ1n) is 9.32. The Hall–Kier alpha value is -1.30. The molecule has 0 amide bonds. The number of alkyl halides is 3. The lowest BCUT2D eigenvalue weighted by molar-refractivity contribution is -0.154. The number of hydrogen-bond donors (Lipinski definition) is 2. The van der Waals surface area contributed by atoms with E-state index in [2.05, 4.69) is 37.2 Å². The predicted octanol–water partition coefficient (Wildman–Crippen LogP) is 3.18. The minimum absolute atomic E-state index is 0. The number of likely N-dealkylation sites (N-methyl/N-ethyl adjacent to an activating group) is 1. The highest BCUT2D eigenvalue weighted by molar-refractivity contribution is 14.0. The summed E-state index contributed by atoms with van der Waals surface area (Å²) in [5.41, 5.74) is 0.732. The average molecular weight is 515 g/mol. The third kappa shape index (κ3) is 8.80. The van der Waals surface area contributed by atoms with Crippen LogP contribution in [0.3, 0.4) is 0 Å². The summed E-state index contributed by atoms with van der Waals surface area (Å²) >= 11 is 0. The van der Waals surface area contributed by atoms with Gasteiger partial charge in [-0.3, -0.25) is 4.90 Å². The Bertz CT molecular complexity index is 615. The number of aliphatic imine (C=N–C) groups is 1. The molecule has 1 aromatic rings. The second-order valence-corrected chi connectivity index (χ2v) is 6.41. The molecule has 1 aromatic heterocycles. The van der Waals surface area contributed by atoms with Crippen molar-refractivity contribution in [2.45, 2.75) is 45.5 Å². The highest BCUT2D eigenvalue weighted by Crippen LogP contribution is 2.18. The highest BCUT2D eigenvalue weighted by Gasteiger charge is 2.28. The maximum absolute atomic E-state index is 12.3. The van der Waals surface area contributed by atoms with Crippen LogP contribution in [-0.4, -0.2) is 60.8 Å². The van der Waals surface area contributed by atoms with E-state index < -0.39 is 12.8 Å². The molecule has 2 rings (SSSR count). The normalized spacial score (nSPS) is 17.9. The maximum Gasteiger partial charge on any atom is 0.422 e. The zero-order valence-electron chi connectivity index (χ0n) is 16.3. The molecule has 1 fully saturated rings. The van der Waals surface area contributed by atoms with Crippen molar-refractivity contribution in [1.29, 1.82) is 0 Å². The number of likely N-dealkylation sites (tertiary alicyclic amines) is 1. The Balaban J connectivity index is 0.00000392.